The topological polar surface area (TPSA) is 67.0 Å². The average molecular weight is 325 g/mol. The summed E-state index contributed by atoms with van der Waals surface area (Å²) in [7, 11) is 1.61. The summed E-state index contributed by atoms with van der Waals surface area (Å²) in [5, 5.41) is 3.78. The minimum atomic E-state index is -0.0882. The minimum Gasteiger partial charge on any atom is -0.377 e. The number of benzene rings is 1. The molecular weight excluding hydrogens is 302 g/mol. The highest BCUT2D eigenvalue weighted by Gasteiger charge is 2.34. The number of fused-ring (bicyclic) bond motifs is 1. The maximum Gasteiger partial charge on any atom is 0.251 e. The van der Waals surface area contributed by atoms with Crippen LogP contribution in [0, 0.1) is 0 Å². The molecule has 0 saturated heterocycles. The van der Waals surface area contributed by atoms with E-state index in [9.17, 15) is 4.79 Å². The molecule has 1 aromatic heterocycles. The smallest absolute Gasteiger partial charge is 0.251 e. The summed E-state index contributed by atoms with van der Waals surface area (Å²) in [6.45, 7) is 0.345. The lowest BCUT2D eigenvalue weighted by molar-refractivity contribution is 0.176. The molecule has 1 fully saturated rings. The Morgan fingerprint density at radius 2 is 1.92 bits per heavy atom. The summed E-state index contributed by atoms with van der Waals surface area (Å²) in [5.74, 6) is 0.992. The first-order valence-corrected chi connectivity index (χ1v) is 8.63. The van der Waals surface area contributed by atoms with Gasteiger partial charge in [0.25, 0.3) is 5.56 Å². The first-order chi connectivity index (χ1) is 11.7. The lowest BCUT2D eigenvalue weighted by Crippen LogP contribution is -2.46. The number of nitrogens with zero attached hydrogens (tertiary/aromatic N) is 1. The summed E-state index contributed by atoms with van der Waals surface area (Å²) in [6.07, 6.45) is 4.35. The van der Waals surface area contributed by atoms with Gasteiger partial charge in [-0.1, -0.05) is 24.3 Å². The third-order valence-corrected chi connectivity index (χ3v) is 5.17. The summed E-state index contributed by atoms with van der Waals surface area (Å²) in [5.41, 5.74) is 3.77. The molecule has 5 nitrogen and oxygen atoms in total. The maximum atomic E-state index is 11.7. The Kier molecular flexibility index (Phi) is 4.21. The van der Waals surface area contributed by atoms with Gasteiger partial charge >= 0.3 is 0 Å². The molecule has 4 rings (SSSR count). The van der Waals surface area contributed by atoms with Gasteiger partial charge in [0.05, 0.1) is 5.69 Å². The van der Waals surface area contributed by atoms with E-state index in [0.717, 1.165) is 31.4 Å². The average Bonchev–Trinajstić information content (AvgIpc) is 2.92. The molecule has 2 N–H and O–H groups in total. The molecule has 2 aliphatic rings. The van der Waals surface area contributed by atoms with Gasteiger partial charge in [-0.2, -0.15) is 0 Å². The van der Waals surface area contributed by atoms with Crippen LogP contribution in [0.25, 0.3) is 0 Å². The van der Waals surface area contributed by atoms with Crippen molar-refractivity contribution >= 4 is 0 Å². The van der Waals surface area contributed by atoms with Crippen LogP contribution in [0.4, 0.5) is 0 Å². The van der Waals surface area contributed by atoms with Crippen LogP contribution in [-0.2, 0) is 24.2 Å². The van der Waals surface area contributed by atoms with Gasteiger partial charge in [-0.25, -0.2) is 4.98 Å². The zero-order valence-corrected chi connectivity index (χ0v) is 13.9. The maximum absolute atomic E-state index is 11.7. The molecule has 0 aliphatic heterocycles. The predicted octanol–water partition coefficient (Wildman–Crippen LogP) is 1.92. The number of hydrogen-bond donors (Lipinski definition) is 2. The third-order valence-electron chi connectivity index (χ3n) is 5.17. The van der Waals surface area contributed by atoms with Crippen LogP contribution >= 0.6 is 0 Å². The number of aromatic amines is 1. The fraction of sp³-hybridized carbons (Fsp3) is 0.474. The Bertz CT molecular complexity index is 755. The zero-order chi connectivity index (χ0) is 16.5. The molecule has 1 heterocycles. The first-order valence-electron chi connectivity index (χ1n) is 8.63. The van der Waals surface area contributed by atoms with Gasteiger partial charge in [-0.15, -0.1) is 0 Å². The van der Waals surface area contributed by atoms with E-state index >= 15 is 0 Å². The molecule has 0 radical (unpaired) electrons. The van der Waals surface area contributed by atoms with Gasteiger partial charge in [0, 0.05) is 31.2 Å². The third kappa shape index (κ3) is 3.14. The molecule has 5 heteroatoms. The van der Waals surface area contributed by atoms with E-state index in [0.29, 0.717) is 30.4 Å². The second kappa shape index (κ2) is 6.49. The lowest BCUT2D eigenvalue weighted by atomic mass is 9.77. The molecule has 126 valence electrons. The van der Waals surface area contributed by atoms with Crippen molar-refractivity contribution in [3.63, 3.8) is 0 Å². The molecule has 1 saturated carbocycles. The monoisotopic (exact) mass is 325 g/mol. The van der Waals surface area contributed by atoms with Gasteiger partial charge in [0.15, 0.2) is 0 Å². The van der Waals surface area contributed by atoms with Crippen molar-refractivity contribution in [3.05, 3.63) is 63.3 Å². The number of aromatic nitrogens is 2. The largest absolute Gasteiger partial charge is 0.377 e. The molecule has 0 unspecified atom stereocenters. The van der Waals surface area contributed by atoms with Gasteiger partial charge < -0.3 is 15.0 Å². The van der Waals surface area contributed by atoms with E-state index in [1.165, 1.54) is 11.1 Å². The molecule has 0 spiro atoms. The van der Waals surface area contributed by atoms with Gasteiger partial charge in [-0.3, -0.25) is 4.79 Å². The van der Waals surface area contributed by atoms with Crippen molar-refractivity contribution in [3.8, 4) is 0 Å². The highest BCUT2D eigenvalue weighted by atomic mass is 16.5. The van der Waals surface area contributed by atoms with Crippen LogP contribution in [0.3, 0.4) is 0 Å². The van der Waals surface area contributed by atoms with Crippen molar-refractivity contribution in [1.29, 1.82) is 0 Å². The molecule has 0 amide bonds. The number of hydrogen-bond acceptors (Lipinski definition) is 4. The van der Waals surface area contributed by atoms with E-state index < -0.39 is 0 Å². The van der Waals surface area contributed by atoms with Crippen molar-refractivity contribution in [1.82, 2.24) is 15.3 Å². The molecule has 2 aliphatic carbocycles. The van der Waals surface area contributed by atoms with E-state index in [4.69, 9.17) is 4.74 Å². The van der Waals surface area contributed by atoms with Crippen LogP contribution in [0.5, 0.6) is 0 Å². The van der Waals surface area contributed by atoms with Gasteiger partial charge in [-0.05, 0) is 36.8 Å². The van der Waals surface area contributed by atoms with E-state index in [2.05, 4.69) is 39.6 Å². The fourth-order valence-corrected chi connectivity index (χ4v) is 3.95. The highest BCUT2D eigenvalue weighted by Crippen LogP contribution is 2.36. The van der Waals surface area contributed by atoms with Gasteiger partial charge in [0.1, 0.15) is 12.4 Å². The number of H-pyrrole nitrogens is 1. The normalized spacial score (nSPS) is 23.0. The molecule has 24 heavy (non-hydrogen) atoms. The fourth-order valence-electron chi connectivity index (χ4n) is 3.95. The standard InChI is InChI=1S/C19H23N3O2/c1-24-11-18-21-17(10-19(23)22-18)14-8-16(9-14)20-15-6-12-4-2-3-5-13(12)7-15/h2-5,10,14-16,20H,6-9,11H2,1H3,(H,21,22,23). The minimum absolute atomic E-state index is 0.0882. The van der Waals surface area contributed by atoms with Crippen LogP contribution in [0.2, 0.25) is 0 Å². The van der Waals surface area contributed by atoms with Crippen molar-refractivity contribution in [2.45, 2.75) is 50.3 Å². The Labute approximate surface area is 141 Å². The van der Waals surface area contributed by atoms with Crippen LogP contribution in [0.1, 0.15) is 41.4 Å². The summed E-state index contributed by atoms with van der Waals surface area (Å²) in [6, 6.07) is 11.4. The SMILES string of the molecule is COCc1nc(C2CC(NC3Cc4ccccc4C3)C2)cc(=O)[nH]1. The Morgan fingerprint density at radius 3 is 2.58 bits per heavy atom. The van der Waals surface area contributed by atoms with Crippen molar-refractivity contribution in [2.75, 3.05) is 7.11 Å². The van der Waals surface area contributed by atoms with E-state index in [1.54, 1.807) is 13.2 Å². The number of methoxy groups -OCH3 is 1. The highest BCUT2D eigenvalue weighted by molar-refractivity contribution is 5.33. The van der Waals surface area contributed by atoms with Gasteiger partial charge in [0.2, 0.25) is 0 Å². The number of ether oxygens (including phenoxy) is 1. The summed E-state index contributed by atoms with van der Waals surface area (Å²) < 4.78 is 5.06. The molecule has 2 aromatic rings. The Morgan fingerprint density at radius 1 is 1.21 bits per heavy atom. The zero-order valence-electron chi connectivity index (χ0n) is 13.9. The molecule has 0 atom stereocenters. The quantitative estimate of drug-likeness (QED) is 0.881. The van der Waals surface area contributed by atoms with Crippen LogP contribution < -0.4 is 10.9 Å². The van der Waals surface area contributed by atoms with Crippen molar-refractivity contribution < 1.29 is 4.74 Å². The Hall–Kier alpha value is -1.98. The first kappa shape index (κ1) is 15.5. The molecular formula is C19H23N3O2. The van der Waals surface area contributed by atoms with Crippen LogP contribution in [0.15, 0.2) is 35.1 Å². The lowest BCUT2D eigenvalue weighted by Gasteiger charge is -2.37. The van der Waals surface area contributed by atoms with Crippen LogP contribution in [-0.4, -0.2) is 29.2 Å². The predicted molar refractivity (Wildman–Crippen MR) is 92.1 cm³/mol. The molecule has 1 aromatic carbocycles. The number of nitrogens with one attached hydrogen (secondary N) is 2. The molecule has 0 bridgehead atoms. The summed E-state index contributed by atoms with van der Waals surface area (Å²) in [4.78, 5) is 19.0. The van der Waals surface area contributed by atoms with E-state index in [-0.39, 0.29) is 5.56 Å². The van der Waals surface area contributed by atoms with Crippen molar-refractivity contribution in [2.24, 2.45) is 0 Å². The summed E-state index contributed by atoms with van der Waals surface area (Å²) >= 11 is 0. The number of rotatable bonds is 5. The van der Waals surface area contributed by atoms with E-state index in [1.807, 2.05) is 0 Å². The second-order valence-electron chi connectivity index (χ2n) is 6.96. The Balaban J connectivity index is 1.33. The second-order valence-corrected chi connectivity index (χ2v) is 6.96.